The Hall–Kier alpha value is -1.14. The van der Waals surface area contributed by atoms with Crippen LogP contribution in [0.1, 0.15) is 33.1 Å². The smallest absolute Gasteiger partial charge is 0.317 e. The number of hydrogen-bond donors (Lipinski definition) is 2. The van der Waals surface area contributed by atoms with Gasteiger partial charge in [-0.2, -0.15) is 0 Å². The van der Waals surface area contributed by atoms with Crippen LogP contribution in [-0.2, 0) is 9.59 Å². The Labute approximate surface area is 121 Å². The van der Waals surface area contributed by atoms with Gasteiger partial charge in [0.1, 0.15) is 0 Å². The lowest BCUT2D eigenvalue weighted by Gasteiger charge is -2.21. The second kappa shape index (κ2) is 8.92. The molecule has 6 nitrogen and oxygen atoms in total. The number of amides is 1. The zero-order chi connectivity index (χ0) is 15.0. The van der Waals surface area contributed by atoms with E-state index < -0.39 is 5.97 Å². The molecule has 0 aromatic carbocycles. The fraction of sp³-hybridized carbons (Fsp3) is 0.857. The lowest BCUT2D eigenvalue weighted by molar-refractivity contribution is -0.138. The zero-order valence-electron chi connectivity index (χ0n) is 12.6. The molecule has 0 spiro atoms. The number of aliphatic carboxylic acids is 1. The number of carboxylic acid groups (broad SMARTS) is 1. The second-order valence-corrected chi connectivity index (χ2v) is 5.56. The van der Waals surface area contributed by atoms with E-state index in [2.05, 4.69) is 17.1 Å². The summed E-state index contributed by atoms with van der Waals surface area (Å²) in [6.07, 6.45) is 2.97. The van der Waals surface area contributed by atoms with Crippen LogP contribution in [0.4, 0.5) is 0 Å². The van der Waals surface area contributed by atoms with Gasteiger partial charge in [-0.15, -0.1) is 0 Å². The first kappa shape index (κ1) is 16.9. The quantitative estimate of drug-likeness (QED) is 0.707. The van der Waals surface area contributed by atoms with Crippen molar-refractivity contribution in [3.8, 4) is 0 Å². The third kappa shape index (κ3) is 6.86. The van der Waals surface area contributed by atoms with Crippen LogP contribution in [0.15, 0.2) is 0 Å². The Balaban J connectivity index is 2.30. The molecule has 1 unspecified atom stereocenters. The molecule has 6 heteroatoms. The molecule has 116 valence electrons. The van der Waals surface area contributed by atoms with Gasteiger partial charge in [0.15, 0.2) is 0 Å². The van der Waals surface area contributed by atoms with Gasteiger partial charge in [0.05, 0.1) is 13.1 Å². The third-order valence-corrected chi connectivity index (χ3v) is 3.54. The molecule has 1 heterocycles. The van der Waals surface area contributed by atoms with Gasteiger partial charge in [-0.25, -0.2) is 0 Å². The van der Waals surface area contributed by atoms with Crippen molar-refractivity contribution in [2.45, 2.75) is 39.2 Å². The van der Waals surface area contributed by atoms with Gasteiger partial charge in [0.2, 0.25) is 5.91 Å². The summed E-state index contributed by atoms with van der Waals surface area (Å²) < 4.78 is 0. The molecule has 20 heavy (non-hydrogen) atoms. The zero-order valence-corrected chi connectivity index (χ0v) is 12.6. The first-order valence-electron chi connectivity index (χ1n) is 7.47. The van der Waals surface area contributed by atoms with Gasteiger partial charge in [-0.05, 0) is 26.3 Å². The molecule has 0 bridgehead atoms. The van der Waals surface area contributed by atoms with Crippen molar-refractivity contribution in [3.63, 3.8) is 0 Å². The fourth-order valence-corrected chi connectivity index (χ4v) is 2.56. The van der Waals surface area contributed by atoms with E-state index in [0.29, 0.717) is 13.1 Å². The minimum atomic E-state index is -0.787. The van der Waals surface area contributed by atoms with Crippen molar-refractivity contribution in [3.05, 3.63) is 0 Å². The topological polar surface area (TPSA) is 72.9 Å². The summed E-state index contributed by atoms with van der Waals surface area (Å²) in [5, 5.41) is 11.8. The average Bonchev–Trinajstić information content (AvgIpc) is 2.54. The molecule has 1 fully saturated rings. The first-order valence-corrected chi connectivity index (χ1v) is 7.47. The highest BCUT2D eigenvalue weighted by atomic mass is 16.4. The van der Waals surface area contributed by atoms with Crippen LogP contribution in [0, 0.1) is 0 Å². The molecule has 1 saturated heterocycles. The number of rotatable bonds is 7. The highest BCUT2D eigenvalue weighted by molar-refractivity contribution is 5.78. The minimum Gasteiger partial charge on any atom is -0.480 e. The van der Waals surface area contributed by atoms with Gasteiger partial charge >= 0.3 is 5.97 Å². The van der Waals surface area contributed by atoms with E-state index in [9.17, 15) is 9.59 Å². The van der Waals surface area contributed by atoms with Gasteiger partial charge in [0.25, 0.3) is 0 Å². The predicted molar refractivity (Wildman–Crippen MR) is 77.6 cm³/mol. The summed E-state index contributed by atoms with van der Waals surface area (Å²) in [5.41, 5.74) is 0. The summed E-state index contributed by atoms with van der Waals surface area (Å²) in [6, 6.07) is 0.225. The summed E-state index contributed by atoms with van der Waals surface area (Å²) in [5.74, 6) is -0.720. The van der Waals surface area contributed by atoms with Crippen LogP contribution in [0.25, 0.3) is 0 Å². The van der Waals surface area contributed by atoms with Crippen molar-refractivity contribution in [2.75, 3.05) is 39.3 Å². The molecule has 1 rings (SSSR count). The van der Waals surface area contributed by atoms with E-state index in [4.69, 9.17) is 5.11 Å². The predicted octanol–water partition coefficient (Wildman–Crippen LogP) is 0.384. The Kier molecular flexibility index (Phi) is 7.54. The summed E-state index contributed by atoms with van der Waals surface area (Å²) in [7, 11) is 0. The van der Waals surface area contributed by atoms with Gasteiger partial charge in [-0.1, -0.05) is 13.3 Å². The van der Waals surface area contributed by atoms with Crippen molar-refractivity contribution in [2.24, 2.45) is 0 Å². The SMILES string of the molecule is CCCC(C)NC(=O)CN1CCCN(CC(=O)O)CC1. The molecule has 1 atom stereocenters. The molecule has 1 aliphatic heterocycles. The van der Waals surface area contributed by atoms with Crippen molar-refractivity contribution in [1.82, 2.24) is 15.1 Å². The monoisotopic (exact) mass is 285 g/mol. The summed E-state index contributed by atoms with van der Waals surface area (Å²) >= 11 is 0. The largest absolute Gasteiger partial charge is 0.480 e. The van der Waals surface area contributed by atoms with Crippen LogP contribution in [0.3, 0.4) is 0 Å². The highest BCUT2D eigenvalue weighted by Gasteiger charge is 2.18. The third-order valence-electron chi connectivity index (χ3n) is 3.54. The minimum absolute atomic E-state index is 0.0673. The number of nitrogens with one attached hydrogen (secondary N) is 1. The Morgan fingerprint density at radius 2 is 1.75 bits per heavy atom. The fourth-order valence-electron chi connectivity index (χ4n) is 2.56. The van der Waals surface area contributed by atoms with E-state index in [1.54, 1.807) is 0 Å². The van der Waals surface area contributed by atoms with Crippen LogP contribution in [-0.4, -0.2) is 72.1 Å². The maximum atomic E-state index is 11.9. The van der Waals surface area contributed by atoms with Crippen molar-refractivity contribution < 1.29 is 14.7 Å². The Morgan fingerprint density at radius 1 is 1.15 bits per heavy atom. The van der Waals surface area contributed by atoms with Gasteiger partial charge < -0.3 is 10.4 Å². The molecule has 0 radical (unpaired) electrons. The van der Waals surface area contributed by atoms with E-state index in [1.807, 2.05) is 11.8 Å². The van der Waals surface area contributed by atoms with Crippen molar-refractivity contribution >= 4 is 11.9 Å². The van der Waals surface area contributed by atoms with E-state index in [-0.39, 0.29) is 18.5 Å². The number of carbonyl (C=O) groups is 2. The molecular weight excluding hydrogens is 258 g/mol. The molecule has 0 aliphatic carbocycles. The number of hydrogen-bond acceptors (Lipinski definition) is 4. The molecule has 1 amide bonds. The molecule has 0 aromatic heterocycles. The number of nitrogens with zero attached hydrogens (tertiary/aromatic N) is 2. The standard InChI is InChI=1S/C14H27N3O3/c1-3-5-12(2)15-13(18)10-16-6-4-7-17(9-8-16)11-14(19)20/h12H,3-11H2,1-2H3,(H,15,18)(H,19,20). The Bertz CT molecular complexity index is 323. The van der Waals surface area contributed by atoms with Crippen LogP contribution in [0.5, 0.6) is 0 Å². The maximum absolute atomic E-state index is 11.9. The van der Waals surface area contributed by atoms with Crippen LogP contribution < -0.4 is 5.32 Å². The van der Waals surface area contributed by atoms with Crippen LogP contribution >= 0.6 is 0 Å². The van der Waals surface area contributed by atoms with Gasteiger partial charge in [0, 0.05) is 25.7 Å². The Morgan fingerprint density at radius 3 is 2.30 bits per heavy atom. The van der Waals surface area contributed by atoms with E-state index in [0.717, 1.165) is 38.9 Å². The van der Waals surface area contributed by atoms with E-state index >= 15 is 0 Å². The average molecular weight is 285 g/mol. The molecule has 1 aliphatic rings. The maximum Gasteiger partial charge on any atom is 0.317 e. The lowest BCUT2D eigenvalue weighted by Crippen LogP contribution is -2.42. The molecule has 0 saturated carbocycles. The first-order chi connectivity index (χ1) is 9.51. The normalized spacial score (nSPS) is 19.3. The highest BCUT2D eigenvalue weighted by Crippen LogP contribution is 2.03. The summed E-state index contributed by atoms with van der Waals surface area (Å²) in [4.78, 5) is 26.6. The van der Waals surface area contributed by atoms with E-state index in [1.165, 1.54) is 0 Å². The number of carbonyl (C=O) groups excluding carboxylic acids is 1. The van der Waals surface area contributed by atoms with Gasteiger partial charge in [-0.3, -0.25) is 19.4 Å². The summed E-state index contributed by atoms with van der Waals surface area (Å²) in [6.45, 7) is 7.74. The molecular formula is C14H27N3O3. The van der Waals surface area contributed by atoms with Crippen molar-refractivity contribution in [1.29, 1.82) is 0 Å². The number of carboxylic acids is 1. The lowest BCUT2D eigenvalue weighted by atomic mass is 10.2. The molecule has 2 N–H and O–H groups in total. The second-order valence-electron chi connectivity index (χ2n) is 5.56. The van der Waals surface area contributed by atoms with Crippen LogP contribution in [0.2, 0.25) is 0 Å². The molecule has 0 aromatic rings.